The minimum atomic E-state index is -0.137. The van der Waals surface area contributed by atoms with Gasteiger partial charge in [-0.2, -0.15) is 11.3 Å². The lowest BCUT2D eigenvalue weighted by molar-refractivity contribution is 0.228. The zero-order valence-corrected chi connectivity index (χ0v) is 11.4. The minimum absolute atomic E-state index is 0.137. The molecule has 0 aromatic carbocycles. The van der Waals surface area contributed by atoms with Gasteiger partial charge in [-0.05, 0) is 48.1 Å². The van der Waals surface area contributed by atoms with E-state index in [1.807, 2.05) is 0 Å². The fourth-order valence-corrected chi connectivity index (χ4v) is 3.34. The van der Waals surface area contributed by atoms with Crippen LogP contribution in [-0.4, -0.2) is 5.54 Å². The summed E-state index contributed by atoms with van der Waals surface area (Å²) in [5.41, 5.74) is 1.20. The maximum Gasteiger partial charge on any atom is 0.0800 e. The second-order valence-corrected chi connectivity index (χ2v) is 5.95. The van der Waals surface area contributed by atoms with Gasteiger partial charge in [0.25, 0.3) is 0 Å². The van der Waals surface area contributed by atoms with Crippen LogP contribution in [-0.2, 0) is 6.54 Å². The average Bonchev–Trinajstić information content (AvgIpc) is 2.90. The third-order valence-corrected chi connectivity index (χ3v) is 4.69. The molecule has 92 valence electrons. The Morgan fingerprint density at radius 3 is 2.82 bits per heavy atom. The van der Waals surface area contributed by atoms with Gasteiger partial charge in [-0.25, -0.2) is 0 Å². The SMILES string of the molecule is C#C[C@@](C)(NCc1ccsc1)C1CCCCC1. The molecule has 1 heterocycles. The first-order valence-corrected chi connectivity index (χ1v) is 7.43. The molecule has 1 N–H and O–H groups in total. The molecule has 0 saturated heterocycles. The van der Waals surface area contributed by atoms with Crippen LogP contribution in [0.5, 0.6) is 0 Å². The van der Waals surface area contributed by atoms with Crippen LogP contribution in [0.1, 0.15) is 44.6 Å². The molecule has 0 amide bonds. The summed E-state index contributed by atoms with van der Waals surface area (Å²) >= 11 is 1.74. The van der Waals surface area contributed by atoms with Crippen molar-refractivity contribution in [2.45, 2.75) is 51.1 Å². The highest BCUT2D eigenvalue weighted by molar-refractivity contribution is 7.07. The van der Waals surface area contributed by atoms with Crippen molar-refractivity contribution in [2.24, 2.45) is 5.92 Å². The lowest BCUT2D eigenvalue weighted by Gasteiger charge is -2.36. The van der Waals surface area contributed by atoms with Crippen molar-refractivity contribution in [2.75, 3.05) is 0 Å². The maximum absolute atomic E-state index is 5.77. The number of rotatable bonds is 4. The summed E-state index contributed by atoms with van der Waals surface area (Å²) in [7, 11) is 0. The molecule has 2 rings (SSSR count). The smallest absolute Gasteiger partial charge is 0.0800 e. The quantitative estimate of drug-likeness (QED) is 0.798. The number of nitrogens with one attached hydrogen (secondary N) is 1. The van der Waals surface area contributed by atoms with Gasteiger partial charge in [0.15, 0.2) is 0 Å². The normalized spacial score (nSPS) is 20.7. The predicted molar refractivity (Wildman–Crippen MR) is 75.0 cm³/mol. The topological polar surface area (TPSA) is 12.0 Å². The molecule has 1 aromatic heterocycles. The summed E-state index contributed by atoms with van der Waals surface area (Å²) in [5, 5.41) is 7.89. The van der Waals surface area contributed by atoms with E-state index in [0.29, 0.717) is 5.92 Å². The van der Waals surface area contributed by atoms with E-state index in [4.69, 9.17) is 6.42 Å². The Bertz CT molecular complexity index is 370. The largest absolute Gasteiger partial charge is 0.297 e. The van der Waals surface area contributed by atoms with Gasteiger partial charge in [0.05, 0.1) is 5.54 Å². The van der Waals surface area contributed by atoms with E-state index in [-0.39, 0.29) is 5.54 Å². The van der Waals surface area contributed by atoms with E-state index >= 15 is 0 Å². The Balaban J connectivity index is 1.96. The number of hydrogen-bond acceptors (Lipinski definition) is 2. The van der Waals surface area contributed by atoms with Crippen molar-refractivity contribution < 1.29 is 0 Å². The van der Waals surface area contributed by atoms with Crippen LogP contribution in [0.25, 0.3) is 0 Å². The zero-order chi connectivity index (χ0) is 12.1. The Morgan fingerprint density at radius 2 is 2.24 bits per heavy atom. The molecule has 0 spiro atoms. The lowest BCUT2D eigenvalue weighted by atomic mass is 9.76. The summed E-state index contributed by atoms with van der Waals surface area (Å²) in [6.07, 6.45) is 12.4. The first-order valence-electron chi connectivity index (χ1n) is 6.48. The van der Waals surface area contributed by atoms with E-state index in [2.05, 4.69) is 35.0 Å². The summed E-state index contributed by atoms with van der Waals surface area (Å²) in [5.74, 6) is 3.64. The zero-order valence-electron chi connectivity index (χ0n) is 10.5. The molecule has 1 atom stereocenters. The fourth-order valence-electron chi connectivity index (χ4n) is 2.67. The van der Waals surface area contributed by atoms with E-state index in [1.54, 1.807) is 11.3 Å². The van der Waals surface area contributed by atoms with Gasteiger partial charge in [0, 0.05) is 6.54 Å². The van der Waals surface area contributed by atoms with Gasteiger partial charge in [0.2, 0.25) is 0 Å². The van der Waals surface area contributed by atoms with Crippen molar-refractivity contribution in [3.05, 3.63) is 22.4 Å². The highest BCUT2D eigenvalue weighted by Gasteiger charge is 2.32. The van der Waals surface area contributed by atoms with Gasteiger partial charge in [-0.1, -0.05) is 25.2 Å². The molecule has 1 nitrogen and oxygen atoms in total. The van der Waals surface area contributed by atoms with Gasteiger partial charge in [-0.3, -0.25) is 5.32 Å². The van der Waals surface area contributed by atoms with Gasteiger partial charge in [0.1, 0.15) is 0 Å². The van der Waals surface area contributed by atoms with Crippen molar-refractivity contribution in [1.29, 1.82) is 0 Å². The van der Waals surface area contributed by atoms with Crippen LogP contribution in [0.4, 0.5) is 0 Å². The Kier molecular flexibility index (Phi) is 4.25. The van der Waals surface area contributed by atoms with E-state index < -0.39 is 0 Å². The first kappa shape index (κ1) is 12.7. The molecular weight excluding hydrogens is 226 g/mol. The molecule has 1 saturated carbocycles. The number of hydrogen-bond donors (Lipinski definition) is 1. The molecule has 1 fully saturated rings. The van der Waals surface area contributed by atoms with Crippen molar-refractivity contribution >= 4 is 11.3 Å². The third-order valence-electron chi connectivity index (χ3n) is 3.96. The molecule has 17 heavy (non-hydrogen) atoms. The molecule has 1 aliphatic rings. The van der Waals surface area contributed by atoms with Gasteiger partial charge < -0.3 is 0 Å². The summed E-state index contributed by atoms with van der Waals surface area (Å²) < 4.78 is 0. The molecule has 0 bridgehead atoms. The van der Waals surface area contributed by atoms with Crippen LogP contribution < -0.4 is 5.32 Å². The molecule has 1 aromatic rings. The molecular formula is C15H21NS. The van der Waals surface area contributed by atoms with Crippen LogP contribution in [0.2, 0.25) is 0 Å². The second kappa shape index (κ2) is 5.71. The predicted octanol–water partition coefficient (Wildman–Crippen LogP) is 3.81. The molecule has 0 aliphatic heterocycles. The van der Waals surface area contributed by atoms with Crippen LogP contribution in [0.15, 0.2) is 16.8 Å². The third kappa shape index (κ3) is 3.12. The van der Waals surface area contributed by atoms with Crippen molar-refractivity contribution in [1.82, 2.24) is 5.32 Å². The average molecular weight is 247 g/mol. The molecule has 0 unspecified atom stereocenters. The van der Waals surface area contributed by atoms with Crippen molar-refractivity contribution in [3.8, 4) is 12.3 Å². The van der Waals surface area contributed by atoms with Crippen molar-refractivity contribution in [3.63, 3.8) is 0 Å². The number of thiophene rings is 1. The Hall–Kier alpha value is -0.780. The number of terminal acetylenes is 1. The monoisotopic (exact) mass is 247 g/mol. The summed E-state index contributed by atoms with van der Waals surface area (Å²) in [4.78, 5) is 0. The van der Waals surface area contributed by atoms with E-state index in [1.165, 1.54) is 37.7 Å². The molecule has 0 radical (unpaired) electrons. The Labute approximate surface area is 109 Å². The first-order chi connectivity index (χ1) is 8.24. The highest BCUT2D eigenvalue weighted by atomic mass is 32.1. The maximum atomic E-state index is 5.77. The van der Waals surface area contributed by atoms with Gasteiger partial charge >= 0.3 is 0 Å². The summed E-state index contributed by atoms with van der Waals surface area (Å²) in [6.45, 7) is 3.08. The van der Waals surface area contributed by atoms with Crippen LogP contribution in [0, 0.1) is 18.3 Å². The Morgan fingerprint density at radius 1 is 1.47 bits per heavy atom. The lowest BCUT2D eigenvalue weighted by Crippen LogP contribution is -2.47. The standard InChI is InChI=1S/C15H21NS/c1-3-15(2,14-7-5-4-6-8-14)16-11-13-9-10-17-12-13/h1,9-10,12,14,16H,4-8,11H2,2H3/t15-/m1/s1. The van der Waals surface area contributed by atoms with Crippen LogP contribution >= 0.6 is 11.3 Å². The molecule has 2 heteroatoms. The second-order valence-electron chi connectivity index (χ2n) is 5.17. The summed E-state index contributed by atoms with van der Waals surface area (Å²) in [6, 6.07) is 2.16. The molecule has 1 aliphatic carbocycles. The fraction of sp³-hybridized carbons (Fsp3) is 0.600. The van der Waals surface area contributed by atoms with Crippen LogP contribution in [0.3, 0.4) is 0 Å². The van der Waals surface area contributed by atoms with E-state index in [0.717, 1.165) is 6.54 Å². The highest BCUT2D eigenvalue weighted by Crippen LogP contribution is 2.32. The van der Waals surface area contributed by atoms with E-state index in [9.17, 15) is 0 Å². The minimum Gasteiger partial charge on any atom is -0.297 e. The van der Waals surface area contributed by atoms with Gasteiger partial charge in [-0.15, -0.1) is 6.42 Å².